The van der Waals surface area contributed by atoms with E-state index >= 15 is 0 Å². The summed E-state index contributed by atoms with van der Waals surface area (Å²) in [6.07, 6.45) is 2.36. The normalized spacial score (nSPS) is 27.9. The summed E-state index contributed by atoms with van der Waals surface area (Å²) >= 11 is 0. The molecule has 0 spiro atoms. The highest BCUT2D eigenvalue weighted by molar-refractivity contribution is 5.72. The zero-order chi connectivity index (χ0) is 21.7. The van der Waals surface area contributed by atoms with E-state index in [4.69, 9.17) is 10.00 Å². The number of halogens is 4. The number of ether oxygens (including phenoxy) is 1. The Morgan fingerprint density at radius 2 is 1.60 bits per heavy atom. The largest absolute Gasteiger partial charge is 0.462 e. The topological polar surface area (TPSA) is 50.1 Å². The lowest BCUT2D eigenvalue weighted by molar-refractivity contribution is -0.157. The average Bonchev–Trinajstić information content (AvgIpc) is 2.74. The van der Waals surface area contributed by atoms with Crippen molar-refractivity contribution in [3.8, 4) is 6.07 Å². The van der Waals surface area contributed by atoms with Crippen LogP contribution in [-0.2, 0) is 15.7 Å². The smallest absolute Gasteiger partial charge is 0.416 e. The third kappa shape index (κ3) is 5.84. The maximum atomic E-state index is 13.1. The molecule has 0 heterocycles. The molecule has 162 valence electrons. The Bertz CT molecular complexity index is 794. The van der Waals surface area contributed by atoms with E-state index in [9.17, 15) is 22.4 Å². The Balaban J connectivity index is 1.44. The summed E-state index contributed by atoms with van der Waals surface area (Å²) in [7, 11) is 0. The first-order chi connectivity index (χ1) is 14.3. The Morgan fingerprint density at radius 1 is 1.00 bits per heavy atom. The molecule has 0 bridgehead atoms. The predicted octanol–water partition coefficient (Wildman–Crippen LogP) is 6.46. The van der Waals surface area contributed by atoms with E-state index in [0.29, 0.717) is 38.5 Å². The van der Waals surface area contributed by atoms with Crippen LogP contribution in [0.25, 0.3) is 0 Å². The SMILES string of the molecule is N#C/C(F)=C\C1CCC(C(=O)OC2CCC(c3ccc(C(F)(F)F)cc3)CC2)CC1. The van der Waals surface area contributed by atoms with Crippen molar-refractivity contribution in [1.82, 2.24) is 0 Å². The molecule has 0 saturated heterocycles. The highest BCUT2D eigenvalue weighted by Gasteiger charge is 2.32. The molecule has 0 aliphatic heterocycles. The van der Waals surface area contributed by atoms with E-state index in [-0.39, 0.29) is 29.8 Å². The van der Waals surface area contributed by atoms with Crippen LogP contribution >= 0.6 is 0 Å². The van der Waals surface area contributed by atoms with Gasteiger partial charge in [0.1, 0.15) is 12.2 Å². The fourth-order valence-corrected chi connectivity index (χ4v) is 4.48. The molecule has 1 aromatic rings. The molecule has 2 aliphatic carbocycles. The highest BCUT2D eigenvalue weighted by atomic mass is 19.4. The Kier molecular flexibility index (Phi) is 7.17. The van der Waals surface area contributed by atoms with Gasteiger partial charge < -0.3 is 4.74 Å². The quantitative estimate of drug-likeness (QED) is 0.317. The molecule has 0 unspecified atom stereocenters. The second kappa shape index (κ2) is 9.63. The molecule has 7 heteroatoms. The minimum absolute atomic E-state index is 0.00660. The number of allylic oxidation sites excluding steroid dienone is 2. The van der Waals surface area contributed by atoms with Crippen LogP contribution in [0, 0.1) is 23.2 Å². The van der Waals surface area contributed by atoms with E-state index in [1.165, 1.54) is 12.1 Å². The molecule has 2 saturated carbocycles. The van der Waals surface area contributed by atoms with Crippen LogP contribution in [0.15, 0.2) is 36.2 Å². The Hall–Kier alpha value is -2.36. The summed E-state index contributed by atoms with van der Waals surface area (Å²) in [5.41, 5.74) is 0.248. The molecule has 0 aromatic heterocycles. The van der Waals surface area contributed by atoms with E-state index < -0.39 is 17.6 Å². The zero-order valence-electron chi connectivity index (χ0n) is 16.6. The van der Waals surface area contributed by atoms with Gasteiger partial charge >= 0.3 is 12.1 Å². The van der Waals surface area contributed by atoms with E-state index in [1.807, 2.05) is 0 Å². The average molecular weight is 423 g/mol. The van der Waals surface area contributed by atoms with Crippen LogP contribution in [0.1, 0.15) is 68.4 Å². The number of nitrogens with zero attached hydrogens (tertiary/aromatic N) is 1. The number of carbonyl (C=O) groups excluding carboxylic acids is 1. The first kappa shape index (κ1) is 22.3. The van der Waals surface area contributed by atoms with Crippen molar-refractivity contribution in [2.45, 2.75) is 69.6 Å². The summed E-state index contributed by atoms with van der Waals surface area (Å²) in [4.78, 5) is 12.5. The Morgan fingerprint density at radius 3 is 2.13 bits per heavy atom. The predicted molar refractivity (Wildman–Crippen MR) is 103 cm³/mol. The lowest BCUT2D eigenvalue weighted by Crippen LogP contribution is -2.29. The maximum Gasteiger partial charge on any atom is 0.416 e. The van der Waals surface area contributed by atoms with Gasteiger partial charge in [-0.1, -0.05) is 12.1 Å². The minimum Gasteiger partial charge on any atom is -0.462 e. The van der Waals surface area contributed by atoms with Gasteiger partial charge in [-0.25, -0.2) is 0 Å². The monoisotopic (exact) mass is 423 g/mol. The van der Waals surface area contributed by atoms with Crippen molar-refractivity contribution in [1.29, 1.82) is 5.26 Å². The fraction of sp³-hybridized carbons (Fsp3) is 0.565. The lowest BCUT2D eigenvalue weighted by Gasteiger charge is -2.31. The number of esters is 1. The van der Waals surface area contributed by atoms with E-state index in [2.05, 4.69) is 0 Å². The van der Waals surface area contributed by atoms with E-state index in [0.717, 1.165) is 30.5 Å². The zero-order valence-corrected chi connectivity index (χ0v) is 16.6. The van der Waals surface area contributed by atoms with Gasteiger partial charge in [0.15, 0.2) is 5.83 Å². The second-order valence-corrected chi connectivity index (χ2v) is 8.27. The number of carbonyl (C=O) groups is 1. The minimum atomic E-state index is -4.33. The Labute approximate surface area is 173 Å². The molecule has 2 fully saturated rings. The second-order valence-electron chi connectivity index (χ2n) is 8.27. The number of benzene rings is 1. The summed E-state index contributed by atoms with van der Waals surface area (Å²) in [6.45, 7) is 0. The van der Waals surface area contributed by atoms with Crippen LogP contribution in [0.2, 0.25) is 0 Å². The fourth-order valence-electron chi connectivity index (χ4n) is 4.48. The van der Waals surface area contributed by atoms with Gasteiger partial charge in [0, 0.05) is 0 Å². The summed E-state index contributed by atoms with van der Waals surface area (Å²) in [5.74, 6) is -0.998. The summed E-state index contributed by atoms with van der Waals surface area (Å²) in [6, 6.07) is 6.81. The van der Waals surface area contributed by atoms with Crippen LogP contribution < -0.4 is 0 Å². The van der Waals surface area contributed by atoms with Gasteiger partial charge in [-0.3, -0.25) is 4.79 Å². The van der Waals surface area contributed by atoms with Gasteiger partial charge in [0.25, 0.3) is 0 Å². The molecule has 0 amide bonds. The first-order valence-electron chi connectivity index (χ1n) is 10.4. The van der Waals surface area contributed by atoms with Gasteiger partial charge in [-0.15, -0.1) is 0 Å². The standard InChI is InChI=1S/C23H25F4NO2/c24-20(14-28)13-15-1-3-18(4-2-15)22(29)30-21-11-7-17(8-12-21)16-5-9-19(10-6-16)23(25,26)27/h5-6,9-10,13,15,17-18,21H,1-4,7-8,11-12H2/b20-13+. The van der Waals surface area contributed by atoms with Gasteiger partial charge in [0.2, 0.25) is 0 Å². The number of hydrogen-bond acceptors (Lipinski definition) is 3. The van der Waals surface area contributed by atoms with E-state index in [1.54, 1.807) is 12.1 Å². The van der Waals surface area contributed by atoms with Crippen molar-refractivity contribution < 1.29 is 27.1 Å². The molecule has 1 aromatic carbocycles. The molecule has 2 aliphatic rings. The van der Waals surface area contributed by atoms with Crippen LogP contribution in [0.4, 0.5) is 17.6 Å². The number of hydrogen-bond donors (Lipinski definition) is 0. The molecule has 0 N–H and O–H groups in total. The van der Waals surface area contributed by atoms with Crippen molar-refractivity contribution in [2.24, 2.45) is 11.8 Å². The van der Waals surface area contributed by atoms with Crippen molar-refractivity contribution in [3.63, 3.8) is 0 Å². The van der Waals surface area contributed by atoms with Crippen molar-refractivity contribution >= 4 is 5.97 Å². The number of alkyl halides is 3. The van der Waals surface area contributed by atoms with Gasteiger partial charge in [0.05, 0.1) is 11.5 Å². The van der Waals surface area contributed by atoms with Gasteiger partial charge in [-0.05, 0) is 87.0 Å². The van der Waals surface area contributed by atoms with Crippen LogP contribution in [-0.4, -0.2) is 12.1 Å². The van der Waals surface area contributed by atoms with Crippen LogP contribution in [0.5, 0.6) is 0 Å². The van der Waals surface area contributed by atoms with Crippen LogP contribution in [0.3, 0.4) is 0 Å². The molecule has 30 heavy (non-hydrogen) atoms. The molecule has 3 rings (SSSR count). The maximum absolute atomic E-state index is 13.1. The third-order valence-electron chi connectivity index (χ3n) is 6.26. The lowest BCUT2D eigenvalue weighted by atomic mass is 9.81. The van der Waals surface area contributed by atoms with Crippen molar-refractivity contribution in [2.75, 3.05) is 0 Å². The molecular formula is C23H25F4NO2. The summed E-state index contributed by atoms with van der Waals surface area (Å²) < 4.78 is 56.9. The van der Waals surface area contributed by atoms with Crippen molar-refractivity contribution in [3.05, 3.63) is 47.3 Å². The molecule has 0 radical (unpaired) electrons. The molecular weight excluding hydrogens is 398 g/mol. The number of nitriles is 1. The molecule has 3 nitrogen and oxygen atoms in total. The summed E-state index contributed by atoms with van der Waals surface area (Å²) in [5, 5.41) is 8.51. The molecule has 0 atom stereocenters. The third-order valence-corrected chi connectivity index (χ3v) is 6.26. The first-order valence-corrected chi connectivity index (χ1v) is 10.4. The van der Waals surface area contributed by atoms with Gasteiger partial charge in [-0.2, -0.15) is 22.8 Å². The number of rotatable bonds is 4. The highest BCUT2D eigenvalue weighted by Crippen LogP contribution is 2.37.